The summed E-state index contributed by atoms with van der Waals surface area (Å²) in [6, 6.07) is 1.66. The van der Waals surface area contributed by atoms with E-state index in [0.717, 1.165) is 12.1 Å². The Morgan fingerprint density at radius 3 is 2.44 bits per heavy atom. The molecular weight excluding hydrogens is 220 g/mol. The highest BCUT2D eigenvalue weighted by Gasteiger charge is 2.13. The topological polar surface area (TPSA) is 55.4 Å². The van der Waals surface area contributed by atoms with Gasteiger partial charge in [-0.3, -0.25) is 9.59 Å². The van der Waals surface area contributed by atoms with Crippen LogP contribution in [0.4, 0.5) is 8.78 Å². The number of rotatable bonds is 4. The average Bonchev–Trinajstić information content (AvgIpc) is 2.27. The fraction of sp³-hybridized carbons (Fsp3) is 0.200. The van der Waals surface area contributed by atoms with Gasteiger partial charge in [0.1, 0.15) is 6.29 Å². The molecule has 0 radical (unpaired) electrons. The largest absolute Gasteiger partial charge is 0.478 e. The predicted octanol–water partition coefficient (Wildman–Crippen LogP) is 0.902. The minimum atomic E-state index is -1.02. The second-order valence-electron chi connectivity index (χ2n) is 2.89. The Hall–Kier alpha value is -1.98. The van der Waals surface area contributed by atoms with Crippen molar-refractivity contribution in [1.29, 1.82) is 0 Å². The Morgan fingerprint density at radius 2 is 2.00 bits per heavy atom. The van der Waals surface area contributed by atoms with Gasteiger partial charge in [-0.25, -0.2) is 8.78 Å². The van der Waals surface area contributed by atoms with Crippen LogP contribution in [0.5, 0.6) is 5.75 Å². The lowest BCUT2D eigenvalue weighted by Crippen LogP contribution is -2.25. The zero-order valence-electron chi connectivity index (χ0n) is 8.42. The van der Waals surface area contributed by atoms with Gasteiger partial charge >= 0.3 is 0 Å². The van der Waals surface area contributed by atoms with Gasteiger partial charge in [-0.15, -0.1) is 0 Å². The number of carbonyl (C=O) groups is 2. The molecule has 6 heteroatoms. The van der Waals surface area contributed by atoms with Crippen molar-refractivity contribution in [2.24, 2.45) is 0 Å². The molecule has 0 atom stereocenters. The lowest BCUT2D eigenvalue weighted by Gasteiger charge is -2.07. The molecule has 1 amide bonds. The van der Waals surface area contributed by atoms with Crippen LogP contribution in [-0.4, -0.2) is 25.8 Å². The molecule has 1 aromatic rings. The van der Waals surface area contributed by atoms with E-state index in [1.165, 1.54) is 7.05 Å². The van der Waals surface area contributed by atoms with Crippen molar-refractivity contribution in [3.63, 3.8) is 0 Å². The third-order valence-corrected chi connectivity index (χ3v) is 1.78. The number of ether oxygens (including phenoxy) is 1. The molecule has 1 aromatic carbocycles. The van der Waals surface area contributed by atoms with Crippen molar-refractivity contribution >= 4 is 12.2 Å². The summed E-state index contributed by atoms with van der Waals surface area (Å²) in [5, 5.41) is 2.23. The van der Waals surface area contributed by atoms with E-state index in [0.29, 0.717) is 6.29 Å². The number of hydrogen-bond acceptors (Lipinski definition) is 3. The Morgan fingerprint density at radius 1 is 1.44 bits per heavy atom. The minimum absolute atomic E-state index is 0.137. The molecule has 0 bridgehead atoms. The van der Waals surface area contributed by atoms with E-state index < -0.39 is 29.9 Å². The van der Waals surface area contributed by atoms with Gasteiger partial charge in [-0.1, -0.05) is 0 Å². The van der Waals surface area contributed by atoms with Crippen molar-refractivity contribution in [2.45, 2.75) is 0 Å². The third-order valence-electron chi connectivity index (χ3n) is 1.78. The van der Waals surface area contributed by atoms with Gasteiger partial charge in [-0.05, 0) is 12.1 Å². The maximum atomic E-state index is 13.2. The predicted molar refractivity (Wildman–Crippen MR) is 51.3 cm³/mol. The summed E-state index contributed by atoms with van der Waals surface area (Å²) in [7, 11) is 1.37. The smallest absolute Gasteiger partial charge is 0.257 e. The van der Waals surface area contributed by atoms with Gasteiger partial charge in [0.15, 0.2) is 24.0 Å². The van der Waals surface area contributed by atoms with Gasteiger partial charge in [0.25, 0.3) is 5.91 Å². The molecule has 86 valence electrons. The molecule has 0 aliphatic rings. The molecule has 16 heavy (non-hydrogen) atoms. The van der Waals surface area contributed by atoms with E-state index in [-0.39, 0.29) is 5.56 Å². The zero-order chi connectivity index (χ0) is 12.1. The van der Waals surface area contributed by atoms with E-state index >= 15 is 0 Å². The van der Waals surface area contributed by atoms with Gasteiger partial charge in [-0.2, -0.15) is 0 Å². The monoisotopic (exact) mass is 229 g/mol. The molecule has 0 heterocycles. The SMILES string of the molecule is CNC(=O)COc1c(F)cc(C=O)cc1F. The number of halogens is 2. The Balaban J connectivity index is 2.88. The Labute approximate surface area is 90.2 Å². The summed E-state index contributed by atoms with van der Waals surface area (Å²) in [4.78, 5) is 21.1. The molecule has 0 aliphatic heterocycles. The maximum absolute atomic E-state index is 13.2. The number of nitrogens with one attached hydrogen (secondary N) is 1. The summed E-state index contributed by atoms with van der Waals surface area (Å²) >= 11 is 0. The fourth-order valence-corrected chi connectivity index (χ4v) is 0.995. The number of aldehydes is 1. The number of amides is 1. The van der Waals surface area contributed by atoms with Crippen LogP contribution in [0.2, 0.25) is 0 Å². The minimum Gasteiger partial charge on any atom is -0.478 e. The number of benzene rings is 1. The van der Waals surface area contributed by atoms with E-state index in [4.69, 9.17) is 0 Å². The first-order valence-corrected chi connectivity index (χ1v) is 4.36. The standard InChI is InChI=1S/C10H9F2NO3/c1-13-9(15)5-16-10-7(11)2-6(4-14)3-8(10)12/h2-4H,5H2,1H3,(H,13,15). The van der Waals surface area contributed by atoms with E-state index in [1.54, 1.807) is 0 Å². The van der Waals surface area contributed by atoms with Crippen LogP contribution in [0.3, 0.4) is 0 Å². The highest BCUT2D eigenvalue weighted by atomic mass is 19.1. The normalized spacial score (nSPS) is 9.69. The highest BCUT2D eigenvalue weighted by Crippen LogP contribution is 2.22. The van der Waals surface area contributed by atoms with Gasteiger partial charge in [0, 0.05) is 12.6 Å². The van der Waals surface area contributed by atoms with Crippen LogP contribution in [0.1, 0.15) is 10.4 Å². The van der Waals surface area contributed by atoms with Crippen LogP contribution in [-0.2, 0) is 4.79 Å². The second kappa shape index (κ2) is 5.20. The molecule has 1 N–H and O–H groups in total. The van der Waals surface area contributed by atoms with Gasteiger partial charge in [0.2, 0.25) is 0 Å². The van der Waals surface area contributed by atoms with Crippen LogP contribution in [0.25, 0.3) is 0 Å². The highest BCUT2D eigenvalue weighted by molar-refractivity contribution is 5.77. The van der Waals surface area contributed by atoms with Crippen molar-refractivity contribution in [3.8, 4) is 5.75 Å². The molecule has 0 saturated heterocycles. The van der Waals surface area contributed by atoms with Crippen LogP contribution >= 0.6 is 0 Å². The van der Waals surface area contributed by atoms with Crippen molar-refractivity contribution in [2.75, 3.05) is 13.7 Å². The van der Waals surface area contributed by atoms with Crippen LogP contribution in [0, 0.1) is 11.6 Å². The molecule has 1 rings (SSSR count). The van der Waals surface area contributed by atoms with Gasteiger partial charge in [0.05, 0.1) is 0 Å². The Kier molecular flexibility index (Phi) is 3.93. The van der Waals surface area contributed by atoms with Crippen molar-refractivity contribution in [1.82, 2.24) is 5.32 Å². The number of hydrogen-bond donors (Lipinski definition) is 1. The van der Waals surface area contributed by atoms with Crippen LogP contribution in [0.15, 0.2) is 12.1 Å². The molecule has 0 fully saturated rings. The van der Waals surface area contributed by atoms with E-state index in [9.17, 15) is 18.4 Å². The molecule has 0 saturated carbocycles. The van der Waals surface area contributed by atoms with Crippen molar-refractivity contribution in [3.05, 3.63) is 29.3 Å². The quantitative estimate of drug-likeness (QED) is 0.780. The maximum Gasteiger partial charge on any atom is 0.257 e. The van der Waals surface area contributed by atoms with Crippen molar-refractivity contribution < 1.29 is 23.1 Å². The first kappa shape index (κ1) is 12.1. The molecule has 0 unspecified atom stereocenters. The fourth-order valence-electron chi connectivity index (χ4n) is 0.995. The van der Waals surface area contributed by atoms with Gasteiger partial charge < -0.3 is 10.1 Å². The summed E-state index contributed by atoms with van der Waals surface area (Å²) in [6.07, 6.45) is 0.314. The second-order valence-corrected chi connectivity index (χ2v) is 2.89. The summed E-state index contributed by atoms with van der Waals surface area (Å²) in [6.45, 7) is -0.495. The molecule has 0 aromatic heterocycles. The lowest BCUT2D eigenvalue weighted by atomic mass is 10.2. The van der Waals surface area contributed by atoms with E-state index in [2.05, 4.69) is 10.1 Å². The summed E-state index contributed by atoms with van der Waals surface area (Å²) in [5.41, 5.74) is -0.137. The lowest BCUT2D eigenvalue weighted by molar-refractivity contribution is -0.122. The summed E-state index contributed by atoms with van der Waals surface area (Å²) < 4.78 is 31.0. The number of likely N-dealkylation sites (N-methyl/N-ethyl adjacent to an activating group) is 1. The summed E-state index contributed by atoms with van der Waals surface area (Å²) in [5.74, 6) is -3.23. The Bertz CT molecular complexity index is 398. The van der Waals surface area contributed by atoms with E-state index in [1.807, 2.05) is 0 Å². The molecule has 4 nitrogen and oxygen atoms in total. The molecule has 0 spiro atoms. The van der Waals surface area contributed by atoms with Crippen LogP contribution < -0.4 is 10.1 Å². The first-order chi connectivity index (χ1) is 7.58. The number of carbonyl (C=O) groups excluding carboxylic acids is 2. The zero-order valence-corrected chi connectivity index (χ0v) is 8.42. The third kappa shape index (κ3) is 2.75. The molecule has 0 aliphatic carbocycles. The average molecular weight is 229 g/mol. The first-order valence-electron chi connectivity index (χ1n) is 4.36. The molecular formula is C10H9F2NO3.